The van der Waals surface area contributed by atoms with E-state index in [2.05, 4.69) is 5.32 Å². The van der Waals surface area contributed by atoms with Crippen LogP contribution >= 0.6 is 11.6 Å². The van der Waals surface area contributed by atoms with Crippen LogP contribution in [0, 0.1) is 0 Å². The van der Waals surface area contributed by atoms with E-state index in [1.807, 2.05) is 0 Å². The maximum atomic E-state index is 12.6. The summed E-state index contributed by atoms with van der Waals surface area (Å²) in [5.74, 6) is -1.98. The molecule has 1 unspecified atom stereocenters. The van der Waals surface area contributed by atoms with Gasteiger partial charge in [0, 0.05) is 21.9 Å². The van der Waals surface area contributed by atoms with Crippen molar-refractivity contribution < 1.29 is 23.9 Å². The topological polar surface area (TPSA) is 81.7 Å². The molecule has 0 amide bonds. The third-order valence-corrected chi connectivity index (χ3v) is 4.82. The highest BCUT2D eigenvalue weighted by Crippen LogP contribution is 2.40. The summed E-state index contributed by atoms with van der Waals surface area (Å²) in [4.78, 5) is 37.5. The fourth-order valence-electron chi connectivity index (χ4n) is 3.21. The number of rotatable bonds is 4. The molecule has 0 spiro atoms. The molecule has 1 aromatic rings. The van der Waals surface area contributed by atoms with Gasteiger partial charge in [-0.1, -0.05) is 29.8 Å². The zero-order valence-electron chi connectivity index (χ0n) is 15.2. The second-order valence-electron chi connectivity index (χ2n) is 5.89. The van der Waals surface area contributed by atoms with E-state index in [4.69, 9.17) is 21.1 Å². The molecule has 0 aromatic heterocycles. The molecular weight excluding hydrogens is 358 g/mol. The molecule has 0 saturated carbocycles. The first-order valence-electron chi connectivity index (χ1n) is 7.85. The first kappa shape index (κ1) is 19.7. The Balaban J connectivity index is 2.88. The molecule has 1 aromatic carbocycles. The van der Waals surface area contributed by atoms with E-state index in [0.717, 1.165) is 0 Å². The predicted molar refractivity (Wildman–Crippen MR) is 97.3 cm³/mol. The first-order chi connectivity index (χ1) is 12.2. The van der Waals surface area contributed by atoms with Crippen molar-refractivity contribution in [1.82, 2.24) is 5.32 Å². The van der Waals surface area contributed by atoms with Crippen molar-refractivity contribution >= 4 is 34.9 Å². The molecule has 0 bridgehead atoms. The summed E-state index contributed by atoms with van der Waals surface area (Å²) >= 11 is 6.31. The number of nitrogens with one attached hydrogen (secondary N) is 1. The number of halogens is 1. The van der Waals surface area contributed by atoms with Gasteiger partial charge >= 0.3 is 11.9 Å². The fraction of sp³-hybridized carbons (Fsp3) is 0.316. The molecule has 26 heavy (non-hydrogen) atoms. The third kappa shape index (κ3) is 2.90. The molecule has 1 aliphatic rings. The Morgan fingerprint density at radius 2 is 1.69 bits per heavy atom. The van der Waals surface area contributed by atoms with Crippen LogP contribution in [-0.4, -0.2) is 37.5 Å². The van der Waals surface area contributed by atoms with Crippen molar-refractivity contribution in [2.75, 3.05) is 14.2 Å². The zero-order valence-corrected chi connectivity index (χ0v) is 16.0. The molecule has 7 heteroatoms. The summed E-state index contributed by atoms with van der Waals surface area (Å²) in [6, 6.07) is 6.98. The average Bonchev–Trinajstić information content (AvgIpc) is 2.62. The number of allylic oxidation sites excluding steroid dienone is 1. The van der Waals surface area contributed by atoms with Crippen molar-refractivity contribution in [2.45, 2.75) is 26.3 Å². The number of Topliss-reactive ketones (excluding diaryl/α,β-unsaturated/α-hetero) is 1. The number of methoxy groups -OCH3 is 2. The van der Waals surface area contributed by atoms with Crippen LogP contribution < -0.4 is 5.32 Å². The van der Waals surface area contributed by atoms with E-state index < -0.39 is 23.3 Å². The highest BCUT2D eigenvalue weighted by atomic mass is 35.5. The molecule has 0 fully saturated rings. The minimum absolute atomic E-state index is 0.109. The average molecular weight is 378 g/mol. The normalized spacial score (nSPS) is 19.8. The van der Waals surface area contributed by atoms with Gasteiger partial charge in [0.2, 0.25) is 5.54 Å². The van der Waals surface area contributed by atoms with Crippen molar-refractivity contribution in [2.24, 2.45) is 0 Å². The number of ketones is 1. The Morgan fingerprint density at radius 3 is 2.19 bits per heavy atom. The lowest BCUT2D eigenvalue weighted by Gasteiger charge is -2.38. The second-order valence-corrected chi connectivity index (χ2v) is 6.30. The van der Waals surface area contributed by atoms with Gasteiger partial charge in [-0.3, -0.25) is 4.79 Å². The molecule has 1 atom stereocenters. The molecular formula is C19H20ClNO5. The van der Waals surface area contributed by atoms with Crippen LogP contribution in [-0.2, 0) is 23.9 Å². The van der Waals surface area contributed by atoms with Crippen LogP contribution in [0.1, 0.15) is 26.3 Å². The Hall–Kier alpha value is -2.60. The SMILES string of the molecule is COC(=O)C1=C(C)C(C(C)=O)(C(=O)OC)NC(C)=C1c1ccccc1Cl. The first-order valence-corrected chi connectivity index (χ1v) is 8.23. The Bertz CT molecular complexity index is 855. The molecule has 6 nitrogen and oxygen atoms in total. The number of esters is 2. The van der Waals surface area contributed by atoms with Crippen LogP contribution in [0.25, 0.3) is 5.57 Å². The molecule has 1 N–H and O–H groups in total. The maximum Gasteiger partial charge on any atom is 0.343 e. The van der Waals surface area contributed by atoms with E-state index in [-0.39, 0.29) is 11.1 Å². The lowest BCUT2D eigenvalue weighted by molar-refractivity contribution is -0.150. The summed E-state index contributed by atoms with van der Waals surface area (Å²) in [5.41, 5.74) is 0.000605. The molecule has 0 radical (unpaired) electrons. The van der Waals surface area contributed by atoms with Crippen LogP contribution in [0.4, 0.5) is 0 Å². The molecule has 1 heterocycles. The minimum atomic E-state index is -1.80. The summed E-state index contributed by atoms with van der Waals surface area (Å²) < 4.78 is 9.76. The molecule has 138 valence electrons. The van der Waals surface area contributed by atoms with Gasteiger partial charge in [-0.05, 0) is 32.4 Å². The summed E-state index contributed by atoms with van der Waals surface area (Å²) in [7, 11) is 2.42. The van der Waals surface area contributed by atoms with Gasteiger partial charge in [0.05, 0.1) is 19.8 Å². The quantitative estimate of drug-likeness (QED) is 0.641. The van der Waals surface area contributed by atoms with E-state index >= 15 is 0 Å². The van der Waals surface area contributed by atoms with E-state index in [1.54, 1.807) is 31.2 Å². The van der Waals surface area contributed by atoms with Gasteiger partial charge in [-0.2, -0.15) is 0 Å². The monoisotopic (exact) mass is 377 g/mol. The Labute approximate surface area is 156 Å². The maximum absolute atomic E-state index is 12.6. The fourth-order valence-corrected chi connectivity index (χ4v) is 3.44. The van der Waals surface area contributed by atoms with Crippen molar-refractivity contribution in [3.63, 3.8) is 0 Å². The third-order valence-electron chi connectivity index (χ3n) is 4.49. The van der Waals surface area contributed by atoms with Gasteiger partial charge in [0.15, 0.2) is 5.78 Å². The lowest BCUT2D eigenvalue weighted by atomic mass is 9.76. The van der Waals surface area contributed by atoms with Gasteiger partial charge in [-0.25, -0.2) is 9.59 Å². The highest BCUT2D eigenvalue weighted by Gasteiger charge is 2.51. The summed E-state index contributed by atoms with van der Waals surface area (Å²) in [6.07, 6.45) is 0. The van der Waals surface area contributed by atoms with Gasteiger partial charge in [0.1, 0.15) is 0 Å². The van der Waals surface area contributed by atoms with Gasteiger partial charge in [-0.15, -0.1) is 0 Å². The van der Waals surface area contributed by atoms with Crippen LogP contribution in [0.15, 0.2) is 41.1 Å². The minimum Gasteiger partial charge on any atom is -0.467 e. The van der Waals surface area contributed by atoms with Crippen LogP contribution in [0.2, 0.25) is 5.02 Å². The Morgan fingerprint density at radius 1 is 1.08 bits per heavy atom. The number of hydrogen-bond donors (Lipinski definition) is 1. The van der Waals surface area contributed by atoms with Gasteiger partial charge in [0.25, 0.3) is 0 Å². The van der Waals surface area contributed by atoms with Crippen LogP contribution in [0.5, 0.6) is 0 Å². The van der Waals surface area contributed by atoms with E-state index in [0.29, 0.717) is 21.9 Å². The van der Waals surface area contributed by atoms with Gasteiger partial charge < -0.3 is 14.8 Å². The number of carbonyl (C=O) groups is 3. The molecule has 0 saturated heterocycles. The summed E-state index contributed by atoms with van der Waals surface area (Å²) in [5, 5.41) is 3.37. The largest absolute Gasteiger partial charge is 0.467 e. The highest BCUT2D eigenvalue weighted by molar-refractivity contribution is 6.33. The van der Waals surface area contributed by atoms with E-state index in [1.165, 1.54) is 28.1 Å². The smallest absolute Gasteiger partial charge is 0.343 e. The van der Waals surface area contributed by atoms with E-state index in [9.17, 15) is 14.4 Å². The molecule has 1 aliphatic heterocycles. The summed E-state index contributed by atoms with van der Waals surface area (Å²) in [6.45, 7) is 4.45. The molecule has 2 rings (SSSR count). The lowest BCUT2D eigenvalue weighted by Crippen LogP contribution is -2.60. The van der Waals surface area contributed by atoms with Crippen LogP contribution in [0.3, 0.4) is 0 Å². The zero-order chi connectivity index (χ0) is 19.6. The number of hydrogen-bond acceptors (Lipinski definition) is 6. The number of ether oxygens (including phenoxy) is 2. The predicted octanol–water partition coefficient (Wildman–Crippen LogP) is 2.66. The second kappa shape index (κ2) is 7.33. The number of benzene rings is 1. The standard InChI is InChI=1S/C19H20ClNO5/c1-10-15(17(23)25-4)16(13-8-6-7-9-14(13)20)11(2)21-19(10,12(3)22)18(24)26-5/h6-9,21H,1-5H3. The molecule has 0 aliphatic carbocycles. The van der Waals surface area contributed by atoms with Crippen molar-refractivity contribution in [3.05, 3.63) is 51.7 Å². The Kier molecular flexibility index (Phi) is 5.56. The van der Waals surface area contributed by atoms with Crippen molar-refractivity contribution in [1.29, 1.82) is 0 Å². The number of carbonyl (C=O) groups excluding carboxylic acids is 3. The number of dihydropyridines is 1. The van der Waals surface area contributed by atoms with Crippen molar-refractivity contribution in [3.8, 4) is 0 Å².